The highest BCUT2D eigenvalue weighted by atomic mass is 16.5. The normalized spacial score (nSPS) is 10.9. The van der Waals surface area contributed by atoms with Crippen LogP contribution in [0.3, 0.4) is 0 Å². The van der Waals surface area contributed by atoms with E-state index in [-0.39, 0.29) is 5.91 Å². The lowest BCUT2D eigenvalue weighted by atomic mass is 10.1. The van der Waals surface area contributed by atoms with Crippen molar-refractivity contribution in [1.29, 1.82) is 0 Å². The predicted molar refractivity (Wildman–Crippen MR) is 122 cm³/mol. The van der Waals surface area contributed by atoms with Crippen LogP contribution in [0.15, 0.2) is 90.2 Å². The van der Waals surface area contributed by atoms with Crippen molar-refractivity contribution in [3.05, 3.63) is 102 Å². The summed E-state index contributed by atoms with van der Waals surface area (Å²) in [5.74, 6) is 0.391. The van der Waals surface area contributed by atoms with Crippen LogP contribution in [0, 0.1) is 6.92 Å². The molecule has 0 atom stereocenters. The number of aryl methyl sites for hydroxylation is 1. The fourth-order valence-electron chi connectivity index (χ4n) is 3.10. The molecule has 1 heterocycles. The number of methoxy groups -OCH3 is 1. The lowest BCUT2D eigenvalue weighted by molar-refractivity contribution is 0.0955. The second-order valence-corrected chi connectivity index (χ2v) is 7.01. The number of ether oxygens (including phenoxy) is 1. The minimum absolute atomic E-state index is 0.300. The Morgan fingerprint density at radius 1 is 1.00 bits per heavy atom. The van der Waals surface area contributed by atoms with Crippen LogP contribution < -0.4 is 10.2 Å². The minimum Gasteiger partial charge on any atom is -0.497 e. The summed E-state index contributed by atoms with van der Waals surface area (Å²) in [6, 6.07) is 24.9. The van der Waals surface area contributed by atoms with Crippen molar-refractivity contribution in [2.24, 2.45) is 5.10 Å². The molecule has 0 aliphatic heterocycles. The maximum atomic E-state index is 12.4. The fourth-order valence-corrected chi connectivity index (χ4v) is 3.10. The first-order chi connectivity index (χ1) is 15.1. The standard InChI is InChI=1S/C25H22N4O2/c1-18-8-10-19(11-9-18)24-21(17-29(28-24)22-6-4-3-5-7-22)16-26-27-25(30)20-12-14-23(31-2)15-13-20/h3-17H,1-2H3,(H,27,30)/b26-16+. The molecule has 4 aromatic rings. The Kier molecular flexibility index (Phi) is 5.89. The zero-order valence-corrected chi connectivity index (χ0v) is 17.3. The SMILES string of the molecule is COc1ccc(C(=O)N/N=C/c2cn(-c3ccccc3)nc2-c2ccc(C)cc2)cc1. The summed E-state index contributed by atoms with van der Waals surface area (Å²) in [7, 11) is 1.58. The number of rotatable bonds is 6. The number of benzene rings is 3. The Bertz CT molecular complexity index is 1190. The van der Waals surface area contributed by atoms with Crippen LogP contribution in [-0.4, -0.2) is 29.0 Å². The molecule has 1 amide bonds. The molecule has 0 saturated heterocycles. The number of nitrogens with zero attached hydrogens (tertiary/aromatic N) is 3. The molecule has 6 nitrogen and oxygen atoms in total. The summed E-state index contributed by atoms with van der Waals surface area (Å²) < 4.78 is 6.93. The zero-order chi connectivity index (χ0) is 21.6. The van der Waals surface area contributed by atoms with E-state index in [0.29, 0.717) is 11.3 Å². The number of amides is 1. The van der Waals surface area contributed by atoms with Gasteiger partial charge in [0, 0.05) is 22.9 Å². The summed E-state index contributed by atoms with van der Waals surface area (Å²) >= 11 is 0. The molecule has 0 fully saturated rings. The molecule has 1 N–H and O–H groups in total. The number of hydrogen-bond acceptors (Lipinski definition) is 4. The summed E-state index contributed by atoms with van der Waals surface area (Å²) in [5.41, 5.74) is 7.74. The van der Waals surface area contributed by atoms with Crippen LogP contribution >= 0.6 is 0 Å². The van der Waals surface area contributed by atoms with Gasteiger partial charge < -0.3 is 4.74 Å². The van der Waals surface area contributed by atoms with Crippen LogP contribution in [0.1, 0.15) is 21.5 Å². The molecule has 0 bridgehead atoms. The molecule has 0 spiro atoms. The first-order valence-electron chi connectivity index (χ1n) is 9.83. The molecule has 154 valence electrons. The van der Waals surface area contributed by atoms with Crippen molar-refractivity contribution >= 4 is 12.1 Å². The van der Waals surface area contributed by atoms with Crippen molar-refractivity contribution < 1.29 is 9.53 Å². The average molecular weight is 410 g/mol. The van der Waals surface area contributed by atoms with Crippen LogP contribution in [0.5, 0.6) is 5.75 Å². The van der Waals surface area contributed by atoms with Gasteiger partial charge in [0.1, 0.15) is 11.4 Å². The van der Waals surface area contributed by atoms with Gasteiger partial charge in [0.25, 0.3) is 5.91 Å². The van der Waals surface area contributed by atoms with E-state index < -0.39 is 0 Å². The van der Waals surface area contributed by atoms with E-state index in [0.717, 1.165) is 22.5 Å². The van der Waals surface area contributed by atoms with Gasteiger partial charge in [0.2, 0.25) is 0 Å². The largest absolute Gasteiger partial charge is 0.497 e. The van der Waals surface area contributed by atoms with E-state index in [4.69, 9.17) is 9.84 Å². The van der Waals surface area contributed by atoms with Gasteiger partial charge in [-0.25, -0.2) is 10.1 Å². The number of carbonyl (C=O) groups is 1. The molecule has 6 heteroatoms. The van der Waals surface area contributed by atoms with E-state index in [2.05, 4.69) is 10.5 Å². The van der Waals surface area contributed by atoms with E-state index in [9.17, 15) is 4.79 Å². The second kappa shape index (κ2) is 9.09. The summed E-state index contributed by atoms with van der Waals surface area (Å²) in [4.78, 5) is 12.4. The van der Waals surface area contributed by atoms with Crippen LogP contribution in [0.2, 0.25) is 0 Å². The summed E-state index contributed by atoms with van der Waals surface area (Å²) in [5, 5.41) is 8.92. The molecule has 4 rings (SSSR count). The Hall–Kier alpha value is -4.19. The van der Waals surface area contributed by atoms with Gasteiger partial charge in [-0.15, -0.1) is 0 Å². The molecule has 31 heavy (non-hydrogen) atoms. The monoisotopic (exact) mass is 410 g/mol. The van der Waals surface area contributed by atoms with Crippen molar-refractivity contribution in [2.75, 3.05) is 7.11 Å². The molecule has 3 aromatic carbocycles. The van der Waals surface area contributed by atoms with Crippen molar-refractivity contribution in [3.63, 3.8) is 0 Å². The third-order valence-corrected chi connectivity index (χ3v) is 4.81. The van der Waals surface area contributed by atoms with Gasteiger partial charge in [-0.2, -0.15) is 10.2 Å². The first-order valence-corrected chi connectivity index (χ1v) is 9.83. The maximum absolute atomic E-state index is 12.4. The van der Waals surface area contributed by atoms with Gasteiger partial charge in [-0.1, -0.05) is 48.0 Å². The van der Waals surface area contributed by atoms with E-state index in [1.807, 2.05) is 72.4 Å². The lowest BCUT2D eigenvalue weighted by Gasteiger charge is -2.02. The quantitative estimate of drug-likeness (QED) is 0.372. The Morgan fingerprint density at radius 3 is 2.39 bits per heavy atom. The zero-order valence-electron chi connectivity index (χ0n) is 17.3. The molecular weight excluding hydrogens is 388 g/mol. The van der Waals surface area contributed by atoms with Crippen molar-refractivity contribution in [1.82, 2.24) is 15.2 Å². The first kappa shape index (κ1) is 20.1. The number of hydrazone groups is 1. The highest BCUT2D eigenvalue weighted by molar-refractivity contribution is 5.95. The molecule has 0 saturated carbocycles. The fraction of sp³-hybridized carbons (Fsp3) is 0.0800. The van der Waals surface area contributed by atoms with Crippen LogP contribution in [-0.2, 0) is 0 Å². The molecular formula is C25H22N4O2. The molecule has 0 aliphatic rings. The molecule has 0 unspecified atom stereocenters. The molecule has 0 aliphatic carbocycles. The summed E-state index contributed by atoms with van der Waals surface area (Å²) in [6.07, 6.45) is 3.51. The van der Waals surface area contributed by atoms with Crippen molar-refractivity contribution in [2.45, 2.75) is 6.92 Å². The van der Waals surface area contributed by atoms with Crippen molar-refractivity contribution in [3.8, 4) is 22.7 Å². The third kappa shape index (κ3) is 4.70. The smallest absolute Gasteiger partial charge is 0.271 e. The number of carbonyl (C=O) groups excluding carboxylic acids is 1. The maximum Gasteiger partial charge on any atom is 0.271 e. The number of nitrogens with one attached hydrogen (secondary N) is 1. The van der Waals surface area contributed by atoms with E-state index in [1.165, 1.54) is 5.56 Å². The second-order valence-electron chi connectivity index (χ2n) is 7.01. The van der Waals surface area contributed by atoms with Crippen LogP contribution in [0.25, 0.3) is 16.9 Å². The van der Waals surface area contributed by atoms with Gasteiger partial charge >= 0.3 is 0 Å². The van der Waals surface area contributed by atoms with Gasteiger partial charge in [-0.05, 0) is 43.3 Å². The molecule has 0 radical (unpaired) electrons. The lowest BCUT2D eigenvalue weighted by Crippen LogP contribution is -2.17. The van der Waals surface area contributed by atoms with Gasteiger partial charge in [0.05, 0.1) is 19.0 Å². The average Bonchev–Trinajstić information content (AvgIpc) is 3.24. The van der Waals surface area contributed by atoms with E-state index >= 15 is 0 Å². The highest BCUT2D eigenvalue weighted by Gasteiger charge is 2.11. The van der Waals surface area contributed by atoms with Gasteiger partial charge in [-0.3, -0.25) is 4.79 Å². The Balaban J connectivity index is 1.60. The number of aromatic nitrogens is 2. The number of hydrogen-bond donors (Lipinski definition) is 1. The summed E-state index contributed by atoms with van der Waals surface area (Å²) in [6.45, 7) is 2.05. The third-order valence-electron chi connectivity index (χ3n) is 4.81. The number of para-hydroxylation sites is 1. The van der Waals surface area contributed by atoms with Gasteiger partial charge in [0.15, 0.2) is 0 Å². The minimum atomic E-state index is -0.300. The highest BCUT2D eigenvalue weighted by Crippen LogP contribution is 2.23. The topological polar surface area (TPSA) is 68.5 Å². The van der Waals surface area contributed by atoms with E-state index in [1.54, 1.807) is 37.6 Å². The predicted octanol–water partition coefficient (Wildman–Crippen LogP) is 4.62. The Morgan fingerprint density at radius 2 is 1.71 bits per heavy atom. The van der Waals surface area contributed by atoms with Crippen LogP contribution in [0.4, 0.5) is 0 Å². The Labute approximate surface area is 180 Å². The molecule has 1 aromatic heterocycles.